The standard InChI is InChI=1S/C10H13Cl.C10H14N6O/c1-3-8-5-6-10(11)9(4-2)7-8;11-7-16-9(12)1-2-10(13-16)15-5-3-14(8-17)4-6-15/h5-7H,3-4H2,1-2H3;1-2,7-8,11-12H,3-6H2. The van der Waals surface area contributed by atoms with Gasteiger partial charge in [0.05, 0.1) is 0 Å². The lowest BCUT2D eigenvalue weighted by molar-refractivity contribution is -0.118. The van der Waals surface area contributed by atoms with Crippen molar-refractivity contribution in [2.45, 2.75) is 26.7 Å². The number of hydrogen-bond donors (Lipinski definition) is 2. The second kappa shape index (κ2) is 10.6. The maximum absolute atomic E-state index is 10.6. The van der Waals surface area contributed by atoms with E-state index in [9.17, 15) is 4.79 Å². The quantitative estimate of drug-likeness (QED) is 0.457. The summed E-state index contributed by atoms with van der Waals surface area (Å²) in [7, 11) is 0. The van der Waals surface area contributed by atoms with E-state index in [4.69, 9.17) is 22.4 Å². The normalized spacial score (nSPS) is 13.5. The van der Waals surface area contributed by atoms with Crippen LogP contribution >= 0.6 is 11.6 Å². The van der Waals surface area contributed by atoms with Crippen LogP contribution in [0.4, 0.5) is 5.82 Å². The van der Waals surface area contributed by atoms with Gasteiger partial charge in [0, 0.05) is 31.2 Å². The first-order chi connectivity index (χ1) is 13.5. The van der Waals surface area contributed by atoms with Gasteiger partial charge in [0.1, 0.15) is 17.6 Å². The number of nitrogens with one attached hydrogen (secondary N) is 2. The molecular weight excluding hydrogens is 376 g/mol. The summed E-state index contributed by atoms with van der Waals surface area (Å²) in [5.74, 6) is 0.732. The van der Waals surface area contributed by atoms with E-state index in [1.165, 1.54) is 15.8 Å². The van der Waals surface area contributed by atoms with E-state index < -0.39 is 0 Å². The molecule has 7 nitrogen and oxygen atoms in total. The van der Waals surface area contributed by atoms with E-state index in [2.05, 4.69) is 31.1 Å². The summed E-state index contributed by atoms with van der Waals surface area (Å²) >= 11 is 5.95. The number of aromatic nitrogens is 2. The Hall–Kier alpha value is -2.67. The Kier molecular flexibility index (Phi) is 8.19. The van der Waals surface area contributed by atoms with E-state index in [0.717, 1.165) is 49.5 Å². The molecule has 3 rings (SSSR count). The number of nitrogens with zero attached hydrogens (tertiary/aromatic N) is 4. The molecule has 8 heteroatoms. The van der Waals surface area contributed by atoms with Crippen molar-refractivity contribution in [1.82, 2.24) is 14.7 Å². The number of piperazine rings is 1. The molecule has 2 N–H and O–H groups in total. The summed E-state index contributed by atoms with van der Waals surface area (Å²) in [6.45, 7) is 7.09. The maximum Gasteiger partial charge on any atom is 0.209 e. The second-order valence-corrected chi connectivity index (χ2v) is 6.82. The van der Waals surface area contributed by atoms with Gasteiger partial charge in [-0.2, -0.15) is 0 Å². The number of carbonyl (C=O) groups excluding carboxylic acids is 1. The molecule has 1 saturated heterocycles. The van der Waals surface area contributed by atoms with E-state index in [-0.39, 0.29) is 5.49 Å². The molecule has 0 spiro atoms. The number of aryl methyl sites for hydroxylation is 2. The zero-order valence-electron chi connectivity index (χ0n) is 16.4. The Morgan fingerprint density at radius 1 is 1.11 bits per heavy atom. The van der Waals surface area contributed by atoms with Crippen LogP contribution in [-0.2, 0) is 17.6 Å². The number of amides is 1. The number of halogens is 1. The van der Waals surface area contributed by atoms with Crippen LogP contribution in [0, 0.1) is 10.8 Å². The lowest BCUT2D eigenvalue weighted by Crippen LogP contribution is -2.46. The number of rotatable bonds is 5. The third-order valence-corrected chi connectivity index (χ3v) is 5.02. The van der Waals surface area contributed by atoms with E-state index in [0.29, 0.717) is 13.1 Å². The van der Waals surface area contributed by atoms with Gasteiger partial charge in [-0.1, -0.05) is 37.6 Å². The first-order valence-corrected chi connectivity index (χ1v) is 9.76. The maximum atomic E-state index is 10.6. The van der Waals surface area contributed by atoms with Crippen molar-refractivity contribution in [2.75, 3.05) is 31.1 Å². The van der Waals surface area contributed by atoms with Gasteiger partial charge in [0.2, 0.25) is 6.41 Å². The van der Waals surface area contributed by atoms with Crippen LogP contribution in [-0.4, -0.2) is 53.6 Å². The summed E-state index contributed by atoms with van der Waals surface area (Å²) in [5.41, 5.74) is 2.80. The Morgan fingerprint density at radius 3 is 2.39 bits per heavy atom. The van der Waals surface area contributed by atoms with Crippen LogP contribution in [0.1, 0.15) is 25.0 Å². The van der Waals surface area contributed by atoms with Crippen molar-refractivity contribution in [3.63, 3.8) is 0 Å². The first kappa shape index (κ1) is 21.6. The molecule has 1 aliphatic rings. The molecule has 1 amide bonds. The highest BCUT2D eigenvalue weighted by Gasteiger charge is 2.16. The molecule has 0 unspecified atom stereocenters. The Labute approximate surface area is 170 Å². The molecule has 2 heterocycles. The summed E-state index contributed by atoms with van der Waals surface area (Å²) in [6, 6.07) is 9.63. The fraction of sp³-hybridized carbons (Fsp3) is 0.400. The lowest BCUT2D eigenvalue weighted by atomic mass is 10.1. The summed E-state index contributed by atoms with van der Waals surface area (Å²) in [5, 5.41) is 19.7. The number of hydrogen-bond acceptors (Lipinski definition) is 5. The van der Waals surface area contributed by atoms with Crippen LogP contribution in [0.2, 0.25) is 5.02 Å². The molecule has 1 aromatic heterocycles. The summed E-state index contributed by atoms with van der Waals surface area (Å²) < 4.78 is 1.21. The molecule has 0 aliphatic carbocycles. The van der Waals surface area contributed by atoms with E-state index in [1.807, 2.05) is 11.0 Å². The molecule has 1 aliphatic heterocycles. The van der Waals surface area contributed by atoms with Gasteiger partial charge in [-0.05, 0) is 42.2 Å². The van der Waals surface area contributed by atoms with Gasteiger partial charge in [-0.15, -0.1) is 5.10 Å². The SMILES string of the molecule is CCc1ccc(Cl)c(CC)c1.N=Cn1nc(N2CCN(C=O)CC2)ccc1=N. The molecule has 2 aromatic rings. The predicted octanol–water partition coefficient (Wildman–Crippen LogP) is 2.56. The fourth-order valence-corrected chi connectivity index (χ4v) is 3.12. The van der Waals surface area contributed by atoms with Crippen molar-refractivity contribution in [3.8, 4) is 0 Å². The van der Waals surface area contributed by atoms with E-state index >= 15 is 0 Å². The monoisotopic (exact) mass is 402 g/mol. The summed E-state index contributed by atoms with van der Waals surface area (Å²) in [4.78, 5) is 14.3. The third kappa shape index (κ3) is 5.66. The highest BCUT2D eigenvalue weighted by Crippen LogP contribution is 2.18. The molecule has 0 atom stereocenters. The highest BCUT2D eigenvalue weighted by atomic mass is 35.5. The van der Waals surface area contributed by atoms with Crippen LogP contribution in [0.15, 0.2) is 30.3 Å². The average molecular weight is 403 g/mol. The van der Waals surface area contributed by atoms with Crippen molar-refractivity contribution in [1.29, 1.82) is 10.8 Å². The van der Waals surface area contributed by atoms with Crippen LogP contribution in [0.25, 0.3) is 0 Å². The van der Waals surface area contributed by atoms with Gasteiger partial charge in [-0.3, -0.25) is 15.6 Å². The molecular formula is C20H27ClN6O. The minimum absolute atomic E-state index is 0.176. The largest absolute Gasteiger partial charge is 0.352 e. The van der Waals surface area contributed by atoms with Crippen LogP contribution < -0.4 is 10.4 Å². The van der Waals surface area contributed by atoms with Gasteiger partial charge < -0.3 is 9.80 Å². The minimum Gasteiger partial charge on any atom is -0.352 e. The molecule has 0 radical (unpaired) electrons. The number of carbonyl (C=O) groups is 1. The molecule has 28 heavy (non-hydrogen) atoms. The lowest BCUT2D eigenvalue weighted by Gasteiger charge is -2.33. The average Bonchev–Trinajstić information content (AvgIpc) is 2.75. The Bertz CT molecular complexity index is 858. The van der Waals surface area contributed by atoms with Gasteiger partial charge in [0.25, 0.3) is 0 Å². The molecule has 150 valence electrons. The number of benzene rings is 1. The Morgan fingerprint density at radius 2 is 1.82 bits per heavy atom. The molecule has 0 saturated carbocycles. The predicted molar refractivity (Wildman–Crippen MR) is 112 cm³/mol. The van der Waals surface area contributed by atoms with Gasteiger partial charge >= 0.3 is 0 Å². The highest BCUT2D eigenvalue weighted by molar-refractivity contribution is 6.31. The van der Waals surface area contributed by atoms with Crippen molar-refractivity contribution in [2.24, 2.45) is 0 Å². The Balaban J connectivity index is 0.000000221. The van der Waals surface area contributed by atoms with Gasteiger partial charge in [-0.25, -0.2) is 4.68 Å². The smallest absolute Gasteiger partial charge is 0.209 e. The number of anilines is 1. The second-order valence-electron chi connectivity index (χ2n) is 6.41. The third-order valence-electron chi connectivity index (χ3n) is 4.66. The fourth-order valence-electron chi connectivity index (χ4n) is 2.87. The topological polar surface area (TPSA) is 89.1 Å². The van der Waals surface area contributed by atoms with Crippen molar-refractivity contribution < 1.29 is 4.79 Å². The molecule has 1 fully saturated rings. The zero-order chi connectivity index (χ0) is 20.5. The van der Waals surface area contributed by atoms with E-state index in [1.54, 1.807) is 17.0 Å². The van der Waals surface area contributed by atoms with Crippen molar-refractivity contribution in [3.05, 3.63) is 52.0 Å². The summed E-state index contributed by atoms with van der Waals surface area (Å²) in [6.07, 6.45) is 3.97. The zero-order valence-corrected chi connectivity index (χ0v) is 17.1. The minimum atomic E-state index is 0.176. The molecule has 1 aromatic carbocycles. The molecule has 0 bridgehead atoms. The van der Waals surface area contributed by atoms with Crippen LogP contribution in [0.3, 0.4) is 0 Å². The van der Waals surface area contributed by atoms with Crippen LogP contribution in [0.5, 0.6) is 0 Å². The van der Waals surface area contributed by atoms with Gasteiger partial charge in [0.15, 0.2) is 0 Å². The van der Waals surface area contributed by atoms with Crippen molar-refractivity contribution >= 4 is 30.2 Å². The first-order valence-electron chi connectivity index (χ1n) is 9.39.